The molecule has 0 unspecified atom stereocenters. The van der Waals surface area contributed by atoms with Crippen LogP contribution in [0.25, 0.3) is 94.4 Å². The summed E-state index contributed by atoms with van der Waals surface area (Å²) in [6.45, 7) is 4.75. The number of para-hydroxylation sites is 1. The van der Waals surface area contributed by atoms with Gasteiger partial charge < -0.3 is 9.47 Å². The van der Waals surface area contributed by atoms with Gasteiger partial charge in [0.05, 0.1) is 33.8 Å². The number of benzene rings is 9. The fourth-order valence-corrected chi connectivity index (χ4v) is 10.9. The molecule has 3 heterocycles. The predicted molar refractivity (Wildman–Crippen MR) is 288 cm³/mol. The summed E-state index contributed by atoms with van der Waals surface area (Å²) in [5.74, 6) is 0.696. The molecule has 0 amide bonds. The van der Waals surface area contributed by atoms with Gasteiger partial charge in [0.2, 0.25) is 0 Å². The largest absolute Gasteiger partial charge is 0.310 e. The minimum Gasteiger partial charge on any atom is -0.310 e. The maximum absolute atomic E-state index is 5.25. The van der Waals surface area contributed by atoms with Gasteiger partial charge >= 0.3 is 0 Å². The number of fused-ring (bicyclic) bond motifs is 7. The fourth-order valence-electron chi connectivity index (χ4n) is 10.9. The summed E-state index contributed by atoms with van der Waals surface area (Å²) in [6, 6.07) is 76.9. The normalized spacial score (nSPS) is 13.9. The highest BCUT2D eigenvalue weighted by molar-refractivity contribution is 6.22. The van der Waals surface area contributed by atoms with Crippen molar-refractivity contribution in [1.82, 2.24) is 14.5 Å². The minimum atomic E-state index is -0.196. The molecule has 0 radical (unpaired) electrons. The maximum Gasteiger partial charge on any atom is 0.160 e. The zero-order valence-corrected chi connectivity index (χ0v) is 38.6. The van der Waals surface area contributed by atoms with Gasteiger partial charge in [0, 0.05) is 44.3 Å². The molecule has 69 heavy (non-hydrogen) atoms. The molecule has 0 bridgehead atoms. The molecular formula is C65H48N4. The van der Waals surface area contributed by atoms with Gasteiger partial charge in [0.15, 0.2) is 5.82 Å². The van der Waals surface area contributed by atoms with Crippen molar-refractivity contribution in [3.05, 3.63) is 247 Å². The Morgan fingerprint density at radius 2 is 1.07 bits per heavy atom. The Balaban J connectivity index is 0.951. The third-order valence-corrected chi connectivity index (χ3v) is 14.4. The fraction of sp³-hybridized carbons (Fsp3) is 0.0769. The quantitative estimate of drug-likeness (QED) is 0.160. The zero-order chi connectivity index (χ0) is 46.1. The van der Waals surface area contributed by atoms with E-state index in [1.807, 2.05) is 18.2 Å². The number of allylic oxidation sites excluding steroid dienone is 3. The number of rotatable bonds is 7. The molecule has 9 aromatic carbocycles. The van der Waals surface area contributed by atoms with Gasteiger partial charge in [0.1, 0.15) is 0 Å². The van der Waals surface area contributed by atoms with E-state index in [1.165, 1.54) is 72.0 Å². The van der Waals surface area contributed by atoms with Crippen molar-refractivity contribution in [2.75, 3.05) is 4.90 Å². The van der Waals surface area contributed by atoms with E-state index >= 15 is 0 Å². The van der Waals surface area contributed by atoms with E-state index in [-0.39, 0.29) is 5.41 Å². The molecule has 0 atom stereocenters. The number of hydrogen-bond donors (Lipinski definition) is 0. The van der Waals surface area contributed by atoms with Gasteiger partial charge in [-0.1, -0.05) is 184 Å². The van der Waals surface area contributed by atoms with Crippen LogP contribution in [0.4, 0.5) is 11.4 Å². The van der Waals surface area contributed by atoms with Crippen molar-refractivity contribution in [2.24, 2.45) is 0 Å². The van der Waals surface area contributed by atoms with E-state index in [1.54, 1.807) is 0 Å². The molecule has 0 spiro atoms. The molecule has 13 rings (SSSR count). The highest BCUT2D eigenvalue weighted by Crippen LogP contribution is 2.52. The molecule has 328 valence electrons. The Morgan fingerprint density at radius 1 is 0.435 bits per heavy atom. The third kappa shape index (κ3) is 6.90. The summed E-state index contributed by atoms with van der Waals surface area (Å²) in [5, 5.41) is 4.94. The number of nitrogens with zero attached hydrogens (tertiary/aromatic N) is 4. The zero-order valence-electron chi connectivity index (χ0n) is 38.6. The lowest BCUT2D eigenvalue weighted by molar-refractivity contribution is 0.630. The van der Waals surface area contributed by atoms with Gasteiger partial charge in [0.25, 0.3) is 0 Å². The minimum absolute atomic E-state index is 0.196. The first-order valence-electron chi connectivity index (χ1n) is 24.0. The van der Waals surface area contributed by atoms with Gasteiger partial charge in [-0.25, -0.2) is 9.97 Å². The van der Waals surface area contributed by atoms with Crippen LogP contribution in [0.1, 0.15) is 37.8 Å². The summed E-state index contributed by atoms with van der Waals surface area (Å²) in [6.07, 6.45) is 9.11. The lowest BCUT2D eigenvalue weighted by Crippen LogP contribution is -2.32. The highest BCUT2D eigenvalue weighted by atomic mass is 15.2. The van der Waals surface area contributed by atoms with Crippen LogP contribution in [0.15, 0.2) is 236 Å². The number of hydrogen-bond acceptors (Lipinski definition) is 3. The summed E-state index contributed by atoms with van der Waals surface area (Å²) in [5.41, 5.74) is 19.2. The lowest BCUT2D eigenvalue weighted by atomic mass is 9.72. The Morgan fingerprint density at radius 3 is 1.88 bits per heavy atom. The smallest absolute Gasteiger partial charge is 0.160 e. The van der Waals surface area contributed by atoms with Crippen LogP contribution < -0.4 is 4.90 Å². The highest BCUT2D eigenvalue weighted by Gasteiger charge is 2.37. The molecular weight excluding hydrogens is 837 g/mol. The van der Waals surface area contributed by atoms with Crippen molar-refractivity contribution in [3.8, 4) is 61.8 Å². The van der Waals surface area contributed by atoms with Crippen LogP contribution in [0.3, 0.4) is 0 Å². The van der Waals surface area contributed by atoms with Crippen LogP contribution in [-0.4, -0.2) is 14.5 Å². The average molecular weight is 885 g/mol. The Labute approximate surface area is 402 Å². The van der Waals surface area contributed by atoms with Crippen LogP contribution in [-0.2, 0) is 5.41 Å². The van der Waals surface area contributed by atoms with E-state index in [2.05, 4.69) is 236 Å². The second-order valence-electron chi connectivity index (χ2n) is 18.9. The molecule has 11 aromatic rings. The van der Waals surface area contributed by atoms with Crippen LogP contribution >= 0.6 is 0 Å². The first kappa shape index (κ1) is 40.7. The molecule has 4 heteroatoms. The second kappa shape index (κ2) is 16.3. The first-order valence-corrected chi connectivity index (χ1v) is 24.0. The van der Waals surface area contributed by atoms with E-state index in [9.17, 15) is 0 Å². The van der Waals surface area contributed by atoms with Gasteiger partial charge in [-0.3, -0.25) is 0 Å². The van der Waals surface area contributed by atoms with E-state index < -0.39 is 0 Å². The Kier molecular flexibility index (Phi) is 9.62. The predicted octanol–water partition coefficient (Wildman–Crippen LogP) is 17.1. The summed E-state index contributed by atoms with van der Waals surface area (Å²) < 4.78 is 2.43. The third-order valence-electron chi connectivity index (χ3n) is 14.4. The standard InChI is InChI=1S/C65H48N4/c1-65(2)55-27-14-15-28-60(55)68(51-23-10-5-11-24-51)61-37-35-49(41-56(61)65)48-34-36-59-54(40-48)63-53-26-13-12-19-45(53)33-38-62(63)69(59)52-25-16-22-50(39-52)58-42-57(66-64(67-58)47-20-8-4-9-21-47)46-31-29-44(30-32-46)43-17-6-3-7-18-43/h3-4,6-10,12-42H,5,11H2,1-2H3. The monoisotopic (exact) mass is 884 g/mol. The van der Waals surface area contributed by atoms with Crippen molar-refractivity contribution < 1.29 is 0 Å². The van der Waals surface area contributed by atoms with Crippen molar-refractivity contribution in [1.29, 1.82) is 0 Å². The van der Waals surface area contributed by atoms with Crippen molar-refractivity contribution >= 4 is 44.0 Å². The first-order chi connectivity index (χ1) is 34.0. The molecule has 0 saturated heterocycles. The van der Waals surface area contributed by atoms with E-state index in [0.717, 1.165) is 57.6 Å². The molecule has 0 N–H and O–H groups in total. The molecule has 4 nitrogen and oxygen atoms in total. The van der Waals surface area contributed by atoms with Gasteiger partial charge in [-0.2, -0.15) is 0 Å². The Hall–Kier alpha value is -8.60. The summed E-state index contributed by atoms with van der Waals surface area (Å²) >= 11 is 0. The molecule has 0 fully saturated rings. The van der Waals surface area contributed by atoms with E-state index in [4.69, 9.17) is 9.97 Å². The van der Waals surface area contributed by atoms with Gasteiger partial charge in [-0.05, 0) is 118 Å². The summed E-state index contributed by atoms with van der Waals surface area (Å²) in [7, 11) is 0. The SMILES string of the molecule is CC1(C)c2ccccc2N(C2=CCCC=C2)c2ccc(-c3ccc4c(c3)c3c5ccccc5ccc3n4-c3cccc(-c4cc(-c5ccc(-c6ccccc6)cc5)nc(-c5ccccc5)n4)c3)cc21. The van der Waals surface area contributed by atoms with Crippen LogP contribution in [0.5, 0.6) is 0 Å². The topological polar surface area (TPSA) is 34.0 Å². The molecule has 0 saturated carbocycles. The average Bonchev–Trinajstić information content (AvgIpc) is 3.76. The second-order valence-corrected chi connectivity index (χ2v) is 18.9. The Bertz CT molecular complexity index is 3860. The lowest BCUT2D eigenvalue weighted by Gasteiger charge is -2.43. The molecule has 1 aliphatic heterocycles. The van der Waals surface area contributed by atoms with Gasteiger partial charge in [-0.15, -0.1) is 0 Å². The summed E-state index contributed by atoms with van der Waals surface area (Å²) in [4.78, 5) is 12.9. The molecule has 1 aliphatic carbocycles. The number of aromatic nitrogens is 3. The van der Waals surface area contributed by atoms with E-state index in [0.29, 0.717) is 5.82 Å². The molecule has 2 aromatic heterocycles. The van der Waals surface area contributed by atoms with Crippen molar-refractivity contribution in [2.45, 2.75) is 32.1 Å². The maximum atomic E-state index is 5.25. The number of anilines is 2. The molecule has 2 aliphatic rings. The van der Waals surface area contributed by atoms with Crippen molar-refractivity contribution in [3.63, 3.8) is 0 Å². The van der Waals surface area contributed by atoms with Crippen LogP contribution in [0, 0.1) is 0 Å². The van der Waals surface area contributed by atoms with Crippen LogP contribution in [0.2, 0.25) is 0 Å².